The third-order valence-corrected chi connectivity index (χ3v) is 7.45. The van der Waals surface area contributed by atoms with Crippen LogP contribution in [0.2, 0.25) is 0 Å². The molecule has 212 valence electrons. The molecular weight excluding hydrogens is 514 g/mol. The zero-order chi connectivity index (χ0) is 27.4. The number of nitrogens with one attached hydrogen (secondary N) is 2. The van der Waals surface area contributed by atoms with E-state index in [1.165, 1.54) is 11.3 Å². The molecule has 1 aliphatic carbocycles. The molecule has 1 aromatic rings. The number of hydroxylamine groups is 2. The highest BCUT2D eigenvalue weighted by molar-refractivity contribution is 5.93. The number of aliphatic hydroxyl groups excluding tert-OH is 2. The molecule has 5 rings (SSSR count). The fourth-order valence-corrected chi connectivity index (χ4v) is 5.73. The van der Waals surface area contributed by atoms with Gasteiger partial charge in [0.1, 0.15) is 43.2 Å². The van der Waals surface area contributed by atoms with Crippen molar-refractivity contribution in [3.05, 3.63) is 41.7 Å². The number of fused-ring (bicyclic) bond motifs is 4. The van der Waals surface area contributed by atoms with Gasteiger partial charge in [0.25, 0.3) is 0 Å². The lowest BCUT2D eigenvalue weighted by Gasteiger charge is -2.48. The lowest BCUT2D eigenvalue weighted by molar-refractivity contribution is -0.201. The molecule has 3 saturated heterocycles. The van der Waals surface area contributed by atoms with Crippen LogP contribution in [-0.4, -0.2) is 103 Å². The number of nitrogens with zero attached hydrogens (tertiary/aromatic N) is 1. The first kappa shape index (κ1) is 27.5. The average molecular weight is 548 g/mol. The van der Waals surface area contributed by atoms with E-state index in [1.807, 2.05) is 24.3 Å². The maximum Gasteiger partial charge on any atom is 0.327 e. The minimum atomic E-state index is -1.29. The number of hydrogen-bond donors (Lipinski definition) is 4. The van der Waals surface area contributed by atoms with Gasteiger partial charge in [-0.25, -0.2) is 0 Å². The van der Waals surface area contributed by atoms with Gasteiger partial charge in [-0.1, -0.05) is 24.3 Å². The first-order valence-electron chi connectivity index (χ1n) is 13.0. The maximum atomic E-state index is 13.8. The Labute approximate surface area is 224 Å². The van der Waals surface area contributed by atoms with Crippen molar-refractivity contribution < 1.29 is 48.4 Å². The zero-order valence-electron chi connectivity index (χ0n) is 21.3. The van der Waals surface area contributed by atoms with Gasteiger partial charge < -0.3 is 39.8 Å². The number of benzene rings is 1. The molecule has 6 atom stereocenters. The highest BCUT2D eigenvalue weighted by atomic mass is 16.8. The maximum absolute atomic E-state index is 13.8. The summed E-state index contributed by atoms with van der Waals surface area (Å²) in [6, 6.07) is 6.49. The minimum absolute atomic E-state index is 0.00758. The molecular formula is C26H33N3O10. The highest BCUT2D eigenvalue weighted by Crippen LogP contribution is 2.55. The highest BCUT2D eigenvalue weighted by Gasteiger charge is 2.74. The topological polar surface area (TPSA) is 165 Å². The average Bonchev–Trinajstić information content (AvgIpc) is 3.55. The molecule has 13 nitrogen and oxygen atoms in total. The van der Waals surface area contributed by atoms with Crippen LogP contribution in [0.25, 0.3) is 6.08 Å². The lowest BCUT2D eigenvalue weighted by Crippen LogP contribution is -2.69. The van der Waals surface area contributed by atoms with E-state index in [-0.39, 0.29) is 65.0 Å². The molecule has 0 unspecified atom stereocenters. The number of carbonyl (C=O) groups is 3. The number of ether oxygens (including phenoxy) is 4. The molecule has 4 fully saturated rings. The SMILES string of the molecule is O=C(CCNC(=O)[C@@]12C[C@H]3OC(=O)[C@@H]1N(Cc1ccc(C=COCCO)cc1)O[C@@H]2[C@H]1OCO[C@H]13)NCCO. The standard InChI is InChI=1S/C26H33N3O10/c30-9-8-27-19(32)5-7-28-25(34)26-13-18-20-21(37-15-36-20)23(26)39-29(22(26)24(33)38-18)14-17-3-1-16(2-4-17)6-11-35-12-10-31/h1-4,6,11,18,20-23,30-31H,5,7-10,12-15H2,(H,27,32)(H,28,34)/t18-,20+,21+,22+,23-,26+/m1/s1. The van der Waals surface area contributed by atoms with Gasteiger partial charge in [0, 0.05) is 25.9 Å². The normalized spacial score (nSPS) is 31.1. The van der Waals surface area contributed by atoms with E-state index in [9.17, 15) is 14.4 Å². The number of hydrogen-bond acceptors (Lipinski definition) is 11. The Morgan fingerprint density at radius 3 is 2.67 bits per heavy atom. The van der Waals surface area contributed by atoms with E-state index >= 15 is 0 Å². The van der Waals surface area contributed by atoms with Gasteiger partial charge in [-0.15, -0.1) is 0 Å². The summed E-state index contributed by atoms with van der Waals surface area (Å²) in [7, 11) is 0. The summed E-state index contributed by atoms with van der Waals surface area (Å²) in [5.41, 5.74) is 0.433. The smallest absolute Gasteiger partial charge is 0.327 e. The van der Waals surface area contributed by atoms with Gasteiger partial charge in [0.05, 0.1) is 26.0 Å². The van der Waals surface area contributed by atoms with E-state index in [4.69, 9.17) is 34.0 Å². The van der Waals surface area contributed by atoms with Crippen LogP contribution < -0.4 is 10.6 Å². The van der Waals surface area contributed by atoms with Crippen molar-refractivity contribution in [3.63, 3.8) is 0 Å². The molecule has 1 saturated carbocycles. The summed E-state index contributed by atoms with van der Waals surface area (Å²) >= 11 is 0. The molecule has 0 aromatic heterocycles. The van der Waals surface area contributed by atoms with Crippen LogP contribution in [0.3, 0.4) is 0 Å². The van der Waals surface area contributed by atoms with Gasteiger partial charge in [0.2, 0.25) is 11.8 Å². The van der Waals surface area contributed by atoms with Gasteiger partial charge >= 0.3 is 5.97 Å². The zero-order valence-corrected chi connectivity index (χ0v) is 21.3. The number of aliphatic hydroxyl groups is 2. The molecule has 39 heavy (non-hydrogen) atoms. The Kier molecular flexibility index (Phi) is 8.45. The summed E-state index contributed by atoms with van der Waals surface area (Å²) in [4.78, 5) is 45.4. The van der Waals surface area contributed by atoms with E-state index in [1.54, 1.807) is 6.08 Å². The first-order chi connectivity index (χ1) is 19.0. The van der Waals surface area contributed by atoms with Crippen molar-refractivity contribution in [1.29, 1.82) is 0 Å². The molecule has 3 aliphatic heterocycles. The number of carbonyl (C=O) groups excluding carboxylic acids is 3. The Bertz CT molecular complexity index is 1080. The molecule has 13 heteroatoms. The van der Waals surface area contributed by atoms with Crippen molar-refractivity contribution in [3.8, 4) is 0 Å². The molecule has 0 spiro atoms. The largest absolute Gasteiger partial charge is 0.499 e. The Morgan fingerprint density at radius 2 is 1.90 bits per heavy atom. The second kappa shape index (κ2) is 12.0. The molecule has 3 heterocycles. The minimum Gasteiger partial charge on any atom is -0.499 e. The van der Waals surface area contributed by atoms with Gasteiger partial charge in [0.15, 0.2) is 6.04 Å². The van der Waals surface area contributed by atoms with Crippen LogP contribution in [0.1, 0.15) is 24.0 Å². The Hall–Kier alpha value is -3.07. The molecule has 2 bridgehead atoms. The van der Waals surface area contributed by atoms with Crippen molar-refractivity contribution >= 4 is 23.9 Å². The number of amides is 2. The fraction of sp³-hybridized carbons (Fsp3) is 0.577. The predicted molar refractivity (Wildman–Crippen MR) is 132 cm³/mol. The number of rotatable bonds is 12. The molecule has 0 radical (unpaired) electrons. The third kappa shape index (κ3) is 5.38. The predicted octanol–water partition coefficient (Wildman–Crippen LogP) is -1.18. The van der Waals surface area contributed by atoms with Crippen molar-refractivity contribution in [2.24, 2.45) is 5.41 Å². The quantitative estimate of drug-likeness (QED) is 0.141. The van der Waals surface area contributed by atoms with Crippen LogP contribution in [0.4, 0.5) is 0 Å². The Morgan fingerprint density at radius 1 is 1.10 bits per heavy atom. The first-order valence-corrected chi connectivity index (χ1v) is 13.0. The summed E-state index contributed by atoms with van der Waals surface area (Å²) in [5, 5.41) is 24.5. The van der Waals surface area contributed by atoms with Crippen LogP contribution >= 0.6 is 0 Å². The van der Waals surface area contributed by atoms with Gasteiger partial charge in [-0.05, 0) is 17.2 Å². The summed E-state index contributed by atoms with van der Waals surface area (Å²) in [6.07, 6.45) is 0.917. The van der Waals surface area contributed by atoms with Gasteiger partial charge in [-0.3, -0.25) is 19.2 Å². The molecule has 1 aromatic carbocycles. The number of esters is 1. The molecule has 2 amide bonds. The van der Waals surface area contributed by atoms with Crippen molar-refractivity contribution in [2.45, 2.75) is 49.8 Å². The van der Waals surface area contributed by atoms with E-state index in [2.05, 4.69) is 10.6 Å². The summed E-state index contributed by atoms with van der Waals surface area (Å²) in [5.74, 6) is -1.29. The van der Waals surface area contributed by atoms with Crippen LogP contribution in [0.15, 0.2) is 30.5 Å². The summed E-state index contributed by atoms with van der Waals surface area (Å²) < 4.78 is 22.4. The van der Waals surface area contributed by atoms with Crippen LogP contribution in [0.5, 0.6) is 0 Å². The van der Waals surface area contributed by atoms with E-state index in [0.717, 1.165) is 11.1 Å². The lowest BCUT2D eigenvalue weighted by atomic mass is 9.62. The monoisotopic (exact) mass is 547 g/mol. The molecule has 4 N–H and O–H groups in total. The van der Waals surface area contributed by atoms with Crippen molar-refractivity contribution in [2.75, 3.05) is 39.7 Å². The van der Waals surface area contributed by atoms with Crippen LogP contribution in [-0.2, 0) is 44.7 Å². The Balaban J connectivity index is 1.34. The van der Waals surface area contributed by atoms with Crippen LogP contribution in [0, 0.1) is 5.41 Å². The second-order valence-corrected chi connectivity index (χ2v) is 9.82. The summed E-state index contributed by atoms with van der Waals surface area (Å²) in [6.45, 7) is 0.374. The van der Waals surface area contributed by atoms with E-state index < -0.39 is 47.7 Å². The van der Waals surface area contributed by atoms with E-state index in [0.29, 0.717) is 0 Å². The van der Waals surface area contributed by atoms with Gasteiger partial charge in [-0.2, -0.15) is 5.06 Å². The fourth-order valence-electron chi connectivity index (χ4n) is 5.73. The van der Waals surface area contributed by atoms with Crippen molar-refractivity contribution in [1.82, 2.24) is 15.7 Å². The third-order valence-electron chi connectivity index (χ3n) is 7.45. The second-order valence-electron chi connectivity index (χ2n) is 9.82. The molecule has 4 aliphatic rings.